The molecule has 0 saturated carbocycles. The van der Waals surface area contributed by atoms with Crippen LogP contribution >= 0.6 is 23.1 Å². The molecule has 0 aliphatic carbocycles. The molecule has 3 aromatic rings. The zero-order valence-electron chi connectivity index (χ0n) is 16.6. The predicted molar refractivity (Wildman–Crippen MR) is 121 cm³/mol. The molecule has 1 aliphatic heterocycles. The number of morpholine rings is 1. The van der Waals surface area contributed by atoms with Crippen molar-refractivity contribution in [3.8, 4) is 0 Å². The molecule has 5 nitrogen and oxygen atoms in total. The molecule has 1 N–H and O–H groups in total. The molecule has 4 rings (SSSR count). The van der Waals surface area contributed by atoms with Crippen LogP contribution in [-0.4, -0.2) is 46.7 Å². The van der Waals surface area contributed by atoms with E-state index in [4.69, 9.17) is 4.74 Å². The predicted octanol–water partition coefficient (Wildman–Crippen LogP) is 4.84. The van der Waals surface area contributed by atoms with Gasteiger partial charge in [0.2, 0.25) is 5.13 Å². The molecule has 29 heavy (non-hydrogen) atoms. The van der Waals surface area contributed by atoms with Crippen molar-refractivity contribution in [1.29, 1.82) is 0 Å². The van der Waals surface area contributed by atoms with Gasteiger partial charge < -0.3 is 10.1 Å². The van der Waals surface area contributed by atoms with Crippen molar-refractivity contribution >= 4 is 33.9 Å². The maximum Gasteiger partial charge on any atom is 0.210 e. The number of nitrogens with zero attached hydrogens (tertiary/aromatic N) is 3. The quantitative estimate of drug-likeness (QED) is 0.520. The first kappa shape index (κ1) is 20.3. The van der Waals surface area contributed by atoms with E-state index in [-0.39, 0.29) is 6.10 Å². The number of hydrogen-bond donors (Lipinski definition) is 1. The van der Waals surface area contributed by atoms with Gasteiger partial charge in [-0.3, -0.25) is 4.90 Å². The first-order chi connectivity index (χ1) is 14.3. The van der Waals surface area contributed by atoms with Crippen LogP contribution in [0.25, 0.3) is 0 Å². The van der Waals surface area contributed by atoms with Gasteiger partial charge in [-0.05, 0) is 29.7 Å². The number of aromatic nitrogens is 2. The maximum absolute atomic E-state index is 5.97. The van der Waals surface area contributed by atoms with Gasteiger partial charge >= 0.3 is 0 Å². The second-order valence-electron chi connectivity index (χ2n) is 7.07. The Morgan fingerprint density at radius 2 is 1.93 bits per heavy atom. The molecule has 7 heteroatoms. The Hall–Kier alpha value is -1.93. The van der Waals surface area contributed by atoms with Crippen molar-refractivity contribution < 1.29 is 4.74 Å². The average molecular weight is 427 g/mol. The first-order valence-electron chi connectivity index (χ1n) is 9.98. The van der Waals surface area contributed by atoms with E-state index in [1.165, 1.54) is 11.1 Å². The topological polar surface area (TPSA) is 50.3 Å². The summed E-state index contributed by atoms with van der Waals surface area (Å²) in [4.78, 5) is 2.47. The number of hydrogen-bond acceptors (Lipinski definition) is 7. The Morgan fingerprint density at radius 1 is 1.10 bits per heavy atom. The summed E-state index contributed by atoms with van der Waals surface area (Å²) >= 11 is 3.32. The standard InChI is InChI=1S/C22H26N4OS2/c1-2-17-8-10-19(11-9-17)23-21-24-25-22(29-21)28-16-20-15-26(12-13-27-20)14-18-6-4-3-5-7-18/h3-11,20H,2,12-16H2,1H3,(H,23,24). The lowest BCUT2D eigenvalue weighted by atomic mass is 10.1. The minimum absolute atomic E-state index is 0.222. The summed E-state index contributed by atoms with van der Waals surface area (Å²) < 4.78 is 6.94. The highest BCUT2D eigenvalue weighted by atomic mass is 32.2. The molecular weight excluding hydrogens is 400 g/mol. The average Bonchev–Trinajstić information content (AvgIpc) is 3.21. The molecule has 152 valence electrons. The van der Waals surface area contributed by atoms with Gasteiger partial charge in [0, 0.05) is 31.1 Å². The van der Waals surface area contributed by atoms with Gasteiger partial charge in [0.1, 0.15) is 0 Å². The molecular formula is C22H26N4OS2. The largest absolute Gasteiger partial charge is 0.375 e. The first-order valence-corrected chi connectivity index (χ1v) is 11.8. The molecule has 1 fully saturated rings. The van der Waals surface area contributed by atoms with Crippen LogP contribution in [0.5, 0.6) is 0 Å². The molecule has 1 aliphatic rings. The molecule has 1 atom stereocenters. The lowest BCUT2D eigenvalue weighted by Crippen LogP contribution is -2.43. The fourth-order valence-electron chi connectivity index (χ4n) is 3.30. The number of ether oxygens (including phenoxy) is 1. The van der Waals surface area contributed by atoms with Crippen molar-refractivity contribution in [2.45, 2.75) is 30.3 Å². The third kappa shape index (κ3) is 6.02. The molecule has 0 bridgehead atoms. The zero-order chi connectivity index (χ0) is 19.9. The van der Waals surface area contributed by atoms with Crippen molar-refractivity contribution in [1.82, 2.24) is 15.1 Å². The SMILES string of the molecule is CCc1ccc(Nc2nnc(SCC3CN(Cc4ccccc4)CCO3)s2)cc1. The van der Waals surface area contributed by atoms with Gasteiger partial charge in [-0.25, -0.2) is 0 Å². The monoisotopic (exact) mass is 426 g/mol. The van der Waals surface area contributed by atoms with Crippen LogP contribution < -0.4 is 5.32 Å². The van der Waals surface area contributed by atoms with E-state index in [2.05, 4.69) is 81.9 Å². The molecule has 0 radical (unpaired) electrons. The van der Waals surface area contributed by atoms with E-state index in [0.29, 0.717) is 0 Å². The Morgan fingerprint density at radius 3 is 2.72 bits per heavy atom. The fraction of sp³-hybridized carbons (Fsp3) is 0.364. The number of nitrogens with one attached hydrogen (secondary N) is 1. The summed E-state index contributed by atoms with van der Waals surface area (Å²) in [6.07, 6.45) is 1.27. The van der Waals surface area contributed by atoms with Crippen molar-refractivity contribution in [3.05, 3.63) is 65.7 Å². The number of aryl methyl sites for hydroxylation is 1. The highest BCUT2D eigenvalue weighted by molar-refractivity contribution is 8.01. The van der Waals surface area contributed by atoms with Gasteiger partial charge in [0.25, 0.3) is 0 Å². The second kappa shape index (κ2) is 10.2. The molecule has 2 aromatic carbocycles. The number of thioether (sulfide) groups is 1. The van der Waals surface area contributed by atoms with Crippen LogP contribution in [0.4, 0.5) is 10.8 Å². The highest BCUT2D eigenvalue weighted by Gasteiger charge is 2.21. The lowest BCUT2D eigenvalue weighted by Gasteiger charge is -2.32. The second-order valence-corrected chi connectivity index (χ2v) is 9.32. The smallest absolute Gasteiger partial charge is 0.210 e. The molecule has 1 unspecified atom stereocenters. The molecule has 2 heterocycles. The van der Waals surface area contributed by atoms with Crippen LogP contribution in [0.2, 0.25) is 0 Å². The number of rotatable bonds is 8. The van der Waals surface area contributed by atoms with Gasteiger partial charge in [0.05, 0.1) is 12.7 Å². The molecule has 0 spiro atoms. The summed E-state index contributed by atoms with van der Waals surface area (Å²) in [5.74, 6) is 0.894. The normalized spacial score (nSPS) is 17.3. The summed E-state index contributed by atoms with van der Waals surface area (Å²) in [6, 6.07) is 19.1. The van der Waals surface area contributed by atoms with Gasteiger partial charge in [-0.2, -0.15) is 0 Å². The van der Waals surface area contributed by atoms with Crippen molar-refractivity contribution in [2.75, 3.05) is 30.8 Å². The lowest BCUT2D eigenvalue weighted by molar-refractivity contribution is -0.0187. The summed E-state index contributed by atoms with van der Waals surface area (Å²) in [7, 11) is 0. The Labute approximate surface area is 180 Å². The molecule has 1 aromatic heterocycles. The summed E-state index contributed by atoms with van der Waals surface area (Å²) in [5.41, 5.74) is 3.73. The zero-order valence-corrected chi connectivity index (χ0v) is 18.2. The van der Waals surface area contributed by atoms with Crippen LogP contribution in [0, 0.1) is 0 Å². The van der Waals surface area contributed by atoms with E-state index in [1.54, 1.807) is 23.1 Å². The highest BCUT2D eigenvalue weighted by Crippen LogP contribution is 2.29. The van der Waals surface area contributed by atoms with Gasteiger partial charge in [0.15, 0.2) is 4.34 Å². The van der Waals surface area contributed by atoms with Crippen LogP contribution in [-0.2, 0) is 17.7 Å². The van der Waals surface area contributed by atoms with Crippen LogP contribution in [0.3, 0.4) is 0 Å². The van der Waals surface area contributed by atoms with E-state index < -0.39 is 0 Å². The minimum atomic E-state index is 0.222. The molecule has 0 amide bonds. The Balaban J connectivity index is 1.25. The summed E-state index contributed by atoms with van der Waals surface area (Å²) in [6.45, 7) is 5.87. The van der Waals surface area contributed by atoms with Gasteiger partial charge in [-0.1, -0.05) is 72.5 Å². The fourth-order valence-corrected chi connectivity index (χ4v) is 5.10. The minimum Gasteiger partial charge on any atom is -0.375 e. The Kier molecular flexibility index (Phi) is 7.16. The number of benzene rings is 2. The van der Waals surface area contributed by atoms with Crippen LogP contribution in [0.15, 0.2) is 58.9 Å². The van der Waals surface area contributed by atoms with Crippen molar-refractivity contribution in [2.24, 2.45) is 0 Å². The summed E-state index contributed by atoms with van der Waals surface area (Å²) in [5, 5.41) is 12.8. The number of anilines is 2. The Bertz CT molecular complexity index is 885. The van der Waals surface area contributed by atoms with E-state index in [1.807, 2.05) is 0 Å². The van der Waals surface area contributed by atoms with E-state index >= 15 is 0 Å². The van der Waals surface area contributed by atoms with Crippen LogP contribution in [0.1, 0.15) is 18.1 Å². The van der Waals surface area contributed by atoms with E-state index in [0.717, 1.165) is 53.6 Å². The van der Waals surface area contributed by atoms with E-state index in [9.17, 15) is 0 Å². The van der Waals surface area contributed by atoms with Gasteiger partial charge in [-0.15, -0.1) is 10.2 Å². The molecule has 1 saturated heterocycles. The maximum atomic E-state index is 5.97. The van der Waals surface area contributed by atoms with Crippen molar-refractivity contribution in [3.63, 3.8) is 0 Å². The third-order valence-corrected chi connectivity index (χ3v) is 6.99. The third-order valence-electron chi connectivity index (χ3n) is 4.88.